The number of hydrogen-bond donors (Lipinski definition) is 2. The van der Waals surface area contributed by atoms with Crippen molar-refractivity contribution in [2.24, 2.45) is 5.73 Å². The van der Waals surface area contributed by atoms with E-state index >= 15 is 0 Å². The summed E-state index contributed by atoms with van der Waals surface area (Å²) in [6, 6.07) is 5.77. The molecule has 0 aromatic heterocycles. The lowest BCUT2D eigenvalue weighted by molar-refractivity contribution is -0.384. The quantitative estimate of drug-likeness (QED) is 0.596. The number of nitrogens with one attached hydrogen (secondary N) is 1. The summed E-state index contributed by atoms with van der Waals surface area (Å²) in [6.07, 6.45) is -0.0521. The van der Waals surface area contributed by atoms with Crippen LogP contribution in [-0.2, 0) is 11.2 Å². The molecule has 0 heterocycles. The molecular formula is C11H15N3O4. The van der Waals surface area contributed by atoms with Gasteiger partial charge in [0.05, 0.1) is 4.92 Å². The minimum absolute atomic E-state index is 0.0360. The molecule has 18 heavy (non-hydrogen) atoms. The van der Waals surface area contributed by atoms with Gasteiger partial charge in [-0.05, 0) is 12.0 Å². The van der Waals surface area contributed by atoms with Crippen LogP contribution >= 0.6 is 0 Å². The van der Waals surface area contributed by atoms with Crippen LogP contribution in [0.2, 0.25) is 0 Å². The predicted octanol–water partition coefficient (Wildman–Crippen LogP) is 0.821. The molecule has 0 fully saturated rings. The van der Waals surface area contributed by atoms with Gasteiger partial charge in [-0.2, -0.15) is 0 Å². The van der Waals surface area contributed by atoms with E-state index in [4.69, 9.17) is 10.5 Å². The number of benzene rings is 1. The number of rotatable bonds is 5. The molecule has 1 rings (SSSR count). The van der Waals surface area contributed by atoms with Gasteiger partial charge in [0, 0.05) is 25.2 Å². The normalized spacial score (nSPS) is 11.7. The first-order chi connectivity index (χ1) is 8.52. The van der Waals surface area contributed by atoms with E-state index in [1.807, 2.05) is 0 Å². The molecule has 0 aliphatic heterocycles. The number of alkyl carbamates (subject to hydrolysis) is 1. The standard InChI is InChI=1S/C11H15N3O4/c1-13-11(15)18-7-9(12)6-8-2-4-10(5-3-8)14(16)17/h2-5,9H,6-7,12H2,1H3,(H,13,15)/t9-/m0/s1. The van der Waals surface area contributed by atoms with E-state index < -0.39 is 11.0 Å². The number of nitro groups is 1. The summed E-state index contributed by atoms with van der Waals surface area (Å²) in [5.74, 6) is 0. The van der Waals surface area contributed by atoms with Crippen LogP contribution in [0.4, 0.5) is 10.5 Å². The van der Waals surface area contributed by atoms with E-state index in [0.29, 0.717) is 6.42 Å². The number of carbonyl (C=O) groups is 1. The van der Waals surface area contributed by atoms with Crippen LogP contribution < -0.4 is 11.1 Å². The second kappa shape index (κ2) is 6.55. The second-order valence-corrected chi connectivity index (χ2v) is 3.74. The highest BCUT2D eigenvalue weighted by atomic mass is 16.6. The molecule has 7 nitrogen and oxygen atoms in total. The zero-order valence-corrected chi connectivity index (χ0v) is 9.96. The predicted molar refractivity (Wildman–Crippen MR) is 65.2 cm³/mol. The van der Waals surface area contributed by atoms with E-state index in [2.05, 4.69) is 5.32 Å². The van der Waals surface area contributed by atoms with E-state index in [1.54, 1.807) is 12.1 Å². The Balaban J connectivity index is 2.46. The summed E-state index contributed by atoms with van der Waals surface area (Å²) in [6.45, 7) is 0.0939. The van der Waals surface area contributed by atoms with Crippen molar-refractivity contribution in [1.82, 2.24) is 5.32 Å². The van der Waals surface area contributed by atoms with Crippen molar-refractivity contribution in [1.29, 1.82) is 0 Å². The maximum Gasteiger partial charge on any atom is 0.406 e. The molecule has 0 aliphatic rings. The molecule has 0 spiro atoms. The SMILES string of the molecule is CNC(=O)OC[C@@H](N)Cc1ccc([N+](=O)[O-])cc1. The largest absolute Gasteiger partial charge is 0.448 e. The maximum atomic E-state index is 10.8. The minimum atomic E-state index is -0.533. The minimum Gasteiger partial charge on any atom is -0.448 e. The fraction of sp³-hybridized carbons (Fsp3) is 0.364. The van der Waals surface area contributed by atoms with Gasteiger partial charge < -0.3 is 15.8 Å². The summed E-state index contributed by atoms with van der Waals surface area (Å²) in [7, 11) is 1.46. The lowest BCUT2D eigenvalue weighted by atomic mass is 10.1. The van der Waals surface area contributed by atoms with Gasteiger partial charge in [0.15, 0.2) is 0 Å². The average molecular weight is 253 g/mol. The third kappa shape index (κ3) is 4.38. The highest BCUT2D eigenvalue weighted by molar-refractivity contribution is 5.66. The van der Waals surface area contributed by atoms with E-state index in [-0.39, 0.29) is 18.3 Å². The number of amides is 1. The Bertz CT molecular complexity index is 419. The molecule has 3 N–H and O–H groups in total. The van der Waals surface area contributed by atoms with Gasteiger partial charge in [-0.1, -0.05) is 12.1 Å². The number of hydrogen-bond acceptors (Lipinski definition) is 5. The van der Waals surface area contributed by atoms with Crippen molar-refractivity contribution in [3.8, 4) is 0 Å². The van der Waals surface area contributed by atoms with Crippen LogP contribution in [0.25, 0.3) is 0 Å². The molecule has 0 unspecified atom stereocenters. The molecule has 0 bridgehead atoms. The van der Waals surface area contributed by atoms with E-state index in [9.17, 15) is 14.9 Å². The smallest absolute Gasteiger partial charge is 0.406 e. The molecule has 1 amide bonds. The number of nitro benzene ring substituents is 1. The Morgan fingerprint density at radius 2 is 2.11 bits per heavy atom. The number of nitrogens with two attached hydrogens (primary N) is 1. The van der Waals surface area contributed by atoms with Crippen LogP contribution in [0.1, 0.15) is 5.56 Å². The van der Waals surface area contributed by atoms with Gasteiger partial charge in [-0.15, -0.1) is 0 Å². The third-order valence-electron chi connectivity index (χ3n) is 2.28. The fourth-order valence-electron chi connectivity index (χ4n) is 1.37. The van der Waals surface area contributed by atoms with Gasteiger partial charge in [-0.25, -0.2) is 4.79 Å². The van der Waals surface area contributed by atoms with Crippen molar-refractivity contribution in [2.45, 2.75) is 12.5 Å². The molecule has 7 heteroatoms. The molecule has 0 radical (unpaired) electrons. The van der Waals surface area contributed by atoms with Crippen LogP contribution in [0, 0.1) is 10.1 Å². The van der Waals surface area contributed by atoms with Gasteiger partial charge >= 0.3 is 6.09 Å². The number of carbonyl (C=O) groups excluding carboxylic acids is 1. The Hall–Kier alpha value is -2.15. The van der Waals surface area contributed by atoms with Crippen LogP contribution in [0.5, 0.6) is 0 Å². The molecule has 1 aromatic rings. The van der Waals surface area contributed by atoms with Gasteiger partial charge in [-0.3, -0.25) is 10.1 Å². The second-order valence-electron chi connectivity index (χ2n) is 3.74. The summed E-state index contributed by atoms with van der Waals surface area (Å²) < 4.78 is 4.80. The summed E-state index contributed by atoms with van der Waals surface area (Å²) in [4.78, 5) is 20.8. The Morgan fingerprint density at radius 3 is 2.61 bits per heavy atom. The van der Waals surface area contributed by atoms with Gasteiger partial charge in [0.2, 0.25) is 0 Å². The molecular weight excluding hydrogens is 238 g/mol. The third-order valence-corrected chi connectivity index (χ3v) is 2.28. The van der Waals surface area contributed by atoms with Crippen LogP contribution in [0.15, 0.2) is 24.3 Å². The number of non-ortho nitro benzene ring substituents is 1. The Morgan fingerprint density at radius 1 is 1.50 bits per heavy atom. The monoisotopic (exact) mass is 253 g/mol. The van der Waals surface area contributed by atoms with Crippen molar-refractivity contribution >= 4 is 11.8 Å². The molecule has 98 valence electrons. The first kappa shape index (κ1) is 13.9. The van der Waals surface area contributed by atoms with Crippen LogP contribution in [0.3, 0.4) is 0 Å². The first-order valence-electron chi connectivity index (χ1n) is 5.36. The van der Waals surface area contributed by atoms with E-state index in [1.165, 1.54) is 19.2 Å². The van der Waals surface area contributed by atoms with Gasteiger partial charge in [0.1, 0.15) is 6.61 Å². The Labute approximate surface area is 104 Å². The molecule has 0 aliphatic carbocycles. The average Bonchev–Trinajstić information content (AvgIpc) is 2.36. The first-order valence-corrected chi connectivity index (χ1v) is 5.36. The topological polar surface area (TPSA) is 107 Å². The lowest BCUT2D eigenvalue weighted by Crippen LogP contribution is -2.32. The Kier molecular flexibility index (Phi) is 5.06. The highest BCUT2D eigenvalue weighted by Gasteiger charge is 2.09. The molecule has 0 saturated carbocycles. The molecule has 1 aromatic carbocycles. The van der Waals surface area contributed by atoms with Crippen molar-refractivity contribution in [3.63, 3.8) is 0 Å². The van der Waals surface area contributed by atoms with Crippen molar-refractivity contribution in [2.75, 3.05) is 13.7 Å². The fourth-order valence-corrected chi connectivity index (χ4v) is 1.37. The molecule has 0 saturated heterocycles. The summed E-state index contributed by atoms with van der Waals surface area (Å²) >= 11 is 0. The van der Waals surface area contributed by atoms with E-state index in [0.717, 1.165) is 5.56 Å². The summed E-state index contributed by atoms with van der Waals surface area (Å²) in [5.41, 5.74) is 6.66. The molecule has 1 atom stereocenters. The highest BCUT2D eigenvalue weighted by Crippen LogP contribution is 2.12. The zero-order valence-electron chi connectivity index (χ0n) is 9.96. The summed E-state index contributed by atoms with van der Waals surface area (Å²) in [5, 5.41) is 12.8. The van der Waals surface area contributed by atoms with Crippen molar-refractivity contribution in [3.05, 3.63) is 39.9 Å². The van der Waals surface area contributed by atoms with Crippen LogP contribution in [-0.4, -0.2) is 30.7 Å². The maximum absolute atomic E-state index is 10.8. The lowest BCUT2D eigenvalue weighted by Gasteiger charge is -2.11. The number of nitrogens with zero attached hydrogens (tertiary/aromatic N) is 1. The van der Waals surface area contributed by atoms with Gasteiger partial charge in [0.25, 0.3) is 5.69 Å². The zero-order chi connectivity index (χ0) is 13.5. The number of ether oxygens (including phenoxy) is 1. The van der Waals surface area contributed by atoms with Crippen molar-refractivity contribution < 1.29 is 14.5 Å².